The van der Waals surface area contributed by atoms with Gasteiger partial charge < -0.3 is 19.7 Å². The fourth-order valence-corrected chi connectivity index (χ4v) is 7.73. The second-order valence-electron chi connectivity index (χ2n) is 11.9. The number of rotatable bonds is 5. The summed E-state index contributed by atoms with van der Waals surface area (Å²) in [4.78, 5) is 9.45. The van der Waals surface area contributed by atoms with Gasteiger partial charge >= 0.3 is 0 Å². The largest absolute Gasteiger partial charge is 0.370 e. The first kappa shape index (κ1) is 27.8. The van der Waals surface area contributed by atoms with Gasteiger partial charge in [0, 0.05) is 47.6 Å². The van der Waals surface area contributed by atoms with E-state index in [1.807, 2.05) is 18.3 Å². The first-order valence-corrected chi connectivity index (χ1v) is 15.3. The number of anilines is 2. The summed E-state index contributed by atoms with van der Waals surface area (Å²) >= 11 is 13.1. The van der Waals surface area contributed by atoms with Gasteiger partial charge in [-0.05, 0) is 99.3 Å². The van der Waals surface area contributed by atoms with Crippen LogP contribution in [-0.4, -0.2) is 27.8 Å². The van der Waals surface area contributed by atoms with Gasteiger partial charge in [0.25, 0.3) is 0 Å². The highest BCUT2D eigenvalue weighted by Gasteiger charge is 2.43. The molecule has 212 valence electrons. The second-order valence-corrected chi connectivity index (χ2v) is 12.7. The predicted molar refractivity (Wildman–Crippen MR) is 175 cm³/mol. The van der Waals surface area contributed by atoms with E-state index < -0.39 is 0 Å². The molecule has 4 heterocycles. The third kappa shape index (κ3) is 5.02. The van der Waals surface area contributed by atoms with Crippen LogP contribution >= 0.6 is 23.8 Å². The van der Waals surface area contributed by atoms with Crippen LogP contribution in [0, 0.1) is 32.6 Å². The Kier molecular flexibility index (Phi) is 7.56. The number of aromatic nitrogens is 2. The molecule has 41 heavy (non-hydrogen) atoms. The first-order chi connectivity index (χ1) is 19.7. The Morgan fingerprint density at radius 3 is 2.24 bits per heavy atom. The molecule has 5 nitrogen and oxygen atoms in total. The first-order valence-electron chi connectivity index (χ1n) is 14.5. The van der Waals surface area contributed by atoms with E-state index in [0.717, 1.165) is 40.9 Å². The maximum atomic E-state index is 7.05. The van der Waals surface area contributed by atoms with Gasteiger partial charge in [-0.2, -0.15) is 0 Å². The van der Waals surface area contributed by atoms with E-state index in [1.165, 1.54) is 28.9 Å². The van der Waals surface area contributed by atoms with Crippen molar-refractivity contribution < 1.29 is 0 Å². The Hall–Kier alpha value is -3.35. The Morgan fingerprint density at radius 2 is 1.59 bits per heavy atom. The molecule has 0 unspecified atom stereocenters. The van der Waals surface area contributed by atoms with Gasteiger partial charge in [-0.3, -0.25) is 4.98 Å². The summed E-state index contributed by atoms with van der Waals surface area (Å²) in [6, 6.07) is 22.9. The van der Waals surface area contributed by atoms with E-state index in [-0.39, 0.29) is 12.1 Å². The fraction of sp³-hybridized carbons (Fsp3) is 0.353. The lowest BCUT2D eigenvalue weighted by Gasteiger charge is -2.37. The lowest BCUT2D eigenvalue weighted by molar-refractivity contribution is 0.357. The molecule has 2 aromatic carbocycles. The third-order valence-electron chi connectivity index (χ3n) is 8.83. The van der Waals surface area contributed by atoms with Gasteiger partial charge in [0.15, 0.2) is 5.11 Å². The highest BCUT2D eigenvalue weighted by Crippen LogP contribution is 2.46. The van der Waals surface area contributed by atoms with Crippen molar-refractivity contribution in [2.75, 3.05) is 22.9 Å². The number of pyridine rings is 1. The predicted octanol–water partition coefficient (Wildman–Crippen LogP) is 8.11. The second kappa shape index (κ2) is 11.1. The van der Waals surface area contributed by atoms with Crippen molar-refractivity contribution in [3.8, 4) is 5.69 Å². The van der Waals surface area contributed by atoms with Crippen molar-refractivity contribution in [2.45, 2.75) is 53.1 Å². The maximum absolute atomic E-state index is 7.05. The van der Waals surface area contributed by atoms with Crippen LogP contribution in [0.5, 0.6) is 0 Å². The summed E-state index contributed by atoms with van der Waals surface area (Å²) in [5.41, 5.74) is 9.15. The number of nitrogens with zero attached hydrogens (tertiary/aromatic N) is 4. The molecule has 2 aliphatic rings. The van der Waals surface area contributed by atoms with Crippen molar-refractivity contribution in [1.29, 1.82) is 0 Å². The van der Waals surface area contributed by atoms with E-state index in [9.17, 15) is 0 Å². The molecule has 4 atom stereocenters. The molecule has 0 saturated carbocycles. The van der Waals surface area contributed by atoms with Gasteiger partial charge in [0.05, 0.1) is 28.5 Å². The van der Waals surface area contributed by atoms with Crippen LogP contribution in [0.3, 0.4) is 0 Å². The minimum atomic E-state index is -0.116. The molecule has 0 radical (unpaired) electrons. The topological polar surface area (TPSA) is 36.3 Å². The van der Waals surface area contributed by atoms with Gasteiger partial charge in [-0.25, -0.2) is 0 Å². The molecule has 2 aromatic heterocycles. The molecule has 0 amide bonds. The van der Waals surface area contributed by atoms with Crippen LogP contribution in [0.25, 0.3) is 5.69 Å². The average Bonchev–Trinajstić information content (AvgIpc) is 3.40. The third-order valence-corrected chi connectivity index (χ3v) is 9.45. The normalized spacial score (nSPS) is 22.7. The minimum absolute atomic E-state index is 0.0991. The maximum Gasteiger partial charge on any atom is 0.174 e. The van der Waals surface area contributed by atoms with E-state index in [1.54, 1.807) is 0 Å². The standard InChI is InChI=1S/C34H38ClN5S/c1-21-17-22(2)20-38(19-21)30-15-14-27(18-28(30)35)40-33(32(37-34(40)41)29-13-9-10-16-36-29)31-23(3)24(4)39(25(31)5)26-11-7-6-8-12-26/h6-16,18,21-22,32-33H,17,19-20H2,1-5H3,(H,37,41)/t21-,22-,32-,33+/m0/s1. The van der Waals surface area contributed by atoms with Crippen molar-refractivity contribution >= 4 is 40.3 Å². The molecule has 4 aromatic rings. The van der Waals surface area contributed by atoms with E-state index in [0.29, 0.717) is 16.9 Å². The van der Waals surface area contributed by atoms with Crippen LogP contribution in [0.15, 0.2) is 72.9 Å². The van der Waals surface area contributed by atoms with Gasteiger partial charge in [-0.15, -0.1) is 0 Å². The number of hydrogen-bond donors (Lipinski definition) is 1. The quantitative estimate of drug-likeness (QED) is 0.240. The Bertz CT molecular complexity index is 1560. The summed E-state index contributed by atoms with van der Waals surface area (Å²) in [6.45, 7) is 13.4. The summed E-state index contributed by atoms with van der Waals surface area (Å²) in [5.74, 6) is 1.30. The molecule has 2 saturated heterocycles. The Balaban J connectivity index is 1.47. The smallest absolute Gasteiger partial charge is 0.174 e. The molecular weight excluding hydrogens is 546 g/mol. The molecular formula is C34H38ClN5S. The highest BCUT2D eigenvalue weighted by molar-refractivity contribution is 7.80. The van der Waals surface area contributed by atoms with Gasteiger partial charge in [0.2, 0.25) is 0 Å². The van der Waals surface area contributed by atoms with Crippen molar-refractivity contribution in [3.05, 3.63) is 106 Å². The fourth-order valence-electron chi connectivity index (χ4n) is 7.09. The van der Waals surface area contributed by atoms with Crippen molar-refractivity contribution in [1.82, 2.24) is 14.9 Å². The summed E-state index contributed by atoms with van der Waals surface area (Å²) < 4.78 is 2.36. The monoisotopic (exact) mass is 583 g/mol. The Labute approximate surface area is 254 Å². The van der Waals surface area contributed by atoms with Crippen molar-refractivity contribution in [3.63, 3.8) is 0 Å². The van der Waals surface area contributed by atoms with Crippen LogP contribution in [0.1, 0.15) is 60.6 Å². The van der Waals surface area contributed by atoms with E-state index in [2.05, 4.69) is 109 Å². The Morgan fingerprint density at radius 1 is 0.878 bits per heavy atom. The zero-order valence-electron chi connectivity index (χ0n) is 24.4. The molecule has 6 rings (SSSR count). The number of halogens is 1. The molecule has 2 fully saturated rings. The van der Waals surface area contributed by atoms with Gasteiger partial charge in [-0.1, -0.05) is 49.7 Å². The van der Waals surface area contributed by atoms with Crippen LogP contribution in [-0.2, 0) is 0 Å². The van der Waals surface area contributed by atoms with Gasteiger partial charge in [0.1, 0.15) is 0 Å². The number of hydrogen-bond acceptors (Lipinski definition) is 3. The number of para-hydroxylation sites is 1. The summed E-state index contributed by atoms with van der Waals surface area (Å²) in [6.07, 6.45) is 3.11. The lowest BCUT2D eigenvalue weighted by atomic mass is 9.91. The van der Waals surface area contributed by atoms with E-state index >= 15 is 0 Å². The van der Waals surface area contributed by atoms with Crippen LogP contribution in [0.2, 0.25) is 5.02 Å². The zero-order chi connectivity index (χ0) is 28.8. The van der Waals surface area contributed by atoms with Crippen LogP contribution in [0.4, 0.5) is 11.4 Å². The molecule has 2 aliphatic heterocycles. The van der Waals surface area contributed by atoms with Crippen LogP contribution < -0.4 is 15.1 Å². The molecule has 1 N–H and O–H groups in total. The molecule has 0 bridgehead atoms. The summed E-state index contributed by atoms with van der Waals surface area (Å²) in [7, 11) is 0. The number of piperidine rings is 1. The number of benzene rings is 2. The average molecular weight is 584 g/mol. The lowest BCUT2D eigenvalue weighted by Crippen LogP contribution is -2.38. The number of thiocarbonyl (C=S) groups is 1. The number of nitrogens with one attached hydrogen (secondary N) is 1. The highest BCUT2D eigenvalue weighted by atomic mass is 35.5. The summed E-state index contributed by atoms with van der Waals surface area (Å²) in [5, 5.41) is 5.07. The minimum Gasteiger partial charge on any atom is -0.370 e. The SMILES string of the molecule is Cc1c([C@@H]2[C@H](c3ccccn3)NC(=S)N2c2ccc(N3C[C@@H](C)C[C@H](C)C3)c(Cl)c2)c(C)n(-c2ccccc2)c1C. The zero-order valence-corrected chi connectivity index (χ0v) is 26.0. The molecule has 7 heteroatoms. The van der Waals surface area contributed by atoms with E-state index in [4.69, 9.17) is 28.8 Å². The molecule has 0 aliphatic carbocycles. The van der Waals surface area contributed by atoms with Crippen molar-refractivity contribution in [2.24, 2.45) is 11.8 Å². The molecule has 0 spiro atoms.